The van der Waals surface area contributed by atoms with E-state index in [2.05, 4.69) is 11.0 Å². The first-order chi connectivity index (χ1) is 17.3. The van der Waals surface area contributed by atoms with Gasteiger partial charge in [-0.15, -0.1) is 0 Å². The molecule has 0 radical (unpaired) electrons. The summed E-state index contributed by atoms with van der Waals surface area (Å²) in [4.78, 5) is 44.9. The molecule has 0 aromatic heterocycles. The summed E-state index contributed by atoms with van der Waals surface area (Å²) in [7, 11) is 0. The quantitative estimate of drug-likeness (QED) is 0.566. The molecule has 0 spiro atoms. The van der Waals surface area contributed by atoms with Gasteiger partial charge in [0.15, 0.2) is 0 Å². The van der Waals surface area contributed by atoms with Crippen LogP contribution in [-0.2, 0) is 16.0 Å². The molecule has 0 atom stereocenters. The minimum Gasteiger partial charge on any atom is -0.368 e. The maximum Gasteiger partial charge on any atom is 0.260 e. The second-order valence-electron chi connectivity index (χ2n) is 10.6. The summed E-state index contributed by atoms with van der Waals surface area (Å²) in [6.07, 6.45) is 3.68. The Morgan fingerprint density at radius 3 is 2.33 bits per heavy atom. The maximum atomic E-state index is 13.2. The van der Waals surface area contributed by atoms with Crippen molar-refractivity contribution >= 4 is 35.0 Å². The number of halogens is 1. The summed E-state index contributed by atoms with van der Waals surface area (Å²) in [5, 5.41) is 0.727. The van der Waals surface area contributed by atoms with Crippen molar-refractivity contribution in [2.75, 3.05) is 37.6 Å². The molecule has 6 nitrogen and oxygen atoms in total. The molecule has 2 heterocycles. The van der Waals surface area contributed by atoms with Crippen LogP contribution in [0.1, 0.15) is 52.7 Å². The lowest BCUT2D eigenvalue weighted by Gasteiger charge is -2.39. The van der Waals surface area contributed by atoms with E-state index in [0.29, 0.717) is 12.1 Å². The van der Waals surface area contributed by atoms with E-state index < -0.39 is 0 Å². The molecule has 1 aliphatic carbocycles. The highest BCUT2D eigenvalue weighted by Gasteiger charge is 2.36. The Kier molecular flexibility index (Phi) is 7.07. The molecule has 3 amide bonds. The number of fused-ring (bicyclic) bond motifs is 1. The molecule has 7 heteroatoms. The molecule has 3 aliphatic rings. The van der Waals surface area contributed by atoms with Crippen molar-refractivity contribution in [2.24, 2.45) is 11.8 Å². The Morgan fingerprint density at radius 1 is 0.944 bits per heavy atom. The summed E-state index contributed by atoms with van der Waals surface area (Å²) in [5.41, 5.74) is 4.79. The van der Waals surface area contributed by atoms with E-state index in [1.807, 2.05) is 49.1 Å². The smallest absolute Gasteiger partial charge is 0.260 e. The summed E-state index contributed by atoms with van der Waals surface area (Å²) in [6.45, 7) is 7.53. The van der Waals surface area contributed by atoms with E-state index in [9.17, 15) is 14.4 Å². The molecule has 36 heavy (non-hydrogen) atoms. The van der Waals surface area contributed by atoms with Crippen molar-refractivity contribution in [3.05, 3.63) is 63.7 Å². The number of amides is 3. The van der Waals surface area contributed by atoms with Gasteiger partial charge in [0.1, 0.15) is 0 Å². The largest absolute Gasteiger partial charge is 0.368 e. The summed E-state index contributed by atoms with van der Waals surface area (Å²) < 4.78 is 0. The highest BCUT2D eigenvalue weighted by atomic mass is 35.5. The molecule has 0 unspecified atom stereocenters. The lowest BCUT2D eigenvalue weighted by Crippen LogP contribution is -2.51. The number of carbonyl (C=O) groups excluding carboxylic acids is 3. The van der Waals surface area contributed by atoms with Gasteiger partial charge in [-0.2, -0.15) is 0 Å². The number of carbonyl (C=O) groups is 3. The second-order valence-corrected chi connectivity index (χ2v) is 11.0. The van der Waals surface area contributed by atoms with Gasteiger partial charge >= 0.3 is 0 Å². The van der Waals surface area contributed by atoms with E-state index in [1.54, 1.807) is 0 Å². The van der Waals surface area contributed by atoms with Crippen LogP contribution in [0.15, 0.2) is 36.4 Å². The fraction of sp³-hybridized carbons (Fsp3) is 0.483. The highest BCUT2D eigenvalue weighted by molar-refractivity contribution is 6.30. The molecule has 1 saturated heterocycles. The van der Waals surface area contributed by atoms with Crippen LogP contribution in [0, 0.1) is 25.7 Å². The molecule has 0 N–H and O–H groups in total. The zero-order valence-electron chi connectivity index (χ0n) is 21.1. The fourth-order valence-electron chi connectivity index (χ4n) is 5.89. The van der Waals surface area contributed by atoms with Gasteiger partial charge in [-0.25, -0.2) is 0 Å². The van der Waals surface area contributed by atoms with Gasteiger partial charge in [-0.1, -0.05) is 23.7 Å². The monoisotopic (exact) mass is 507 g/mol. The van der Waals surface area contributed by atoms with Gasteiger partial charge in [0.05, 0.1) is 6.42 Å². The van der Waals surface area contributed by atoms with E-state index in [4.69, 9.17) is 11.6 Å². The Bertz CT molecular complexity index is 1180. The van der Waals surface area contributed by atoms with Gasteiger partial charge in [0, 0.05) is 54.9 Å². The third-order valence-electron chi connectivity index (χ3n) is 8.24. The number of hydrogen-bond donors (Lipinski definition) is 0. The molecular weight excluding hydrogens is 474 g/mol. The molecular formula is C29H34ClN3O3. The van der Waals surface area contributed by atoms with Gasteiger partial charge in [0.2, 0.25) is 11.8 Å². The molecule has 5 rings (SSSR count). The van der Waals surface area contributed by atoms with Crippen LogP contribution in [-0.4, -0.2) is 60.2 Å². The number of piperazine rings is 1. The number of rotatable bonds is 4. The van der Waals surface area contributed by atoms with Gasteiger partial charge in [-0.05, 0) is 86.4 Å². The Labute approximate surface area is 218 Å². The van der Waals surface area contributed by atoms with Crippen molar-refractivity contribution in [1.29, 1.82) is 0 Å². The summed E-state index contributed by atoms with van der Waals surface area (Å²) in [6, 6.07) is 11.8. The third kappa shape index (κ3) is 5.01. The molecule has 2 aromatic carbocycles. The van der Waals surface area contributed by atoms with Crippen molar-refractivity contribution in [1.82, 2.24) is 9.80 Å². The normalized spacial score (nSPS) is 22.6. The van der Waals surface area contributed by atoms with Crippen molar-refractivity contribution in [3.63, 3.8) is 0 Å². The zero-order valence-corrected chi connectivity index (χ0v) is 21.9. The number of nitrogens with zero attached hydrogens (tertiary/aromatic N) is 3. The average molecular weight is 508 g/mol. The molecule has 190 valence electrons. The number of hydrogen-bond acceptors (Lipinski definition) is 4. The lowest BCUT2D eigenvalue weighted by atomic mass is 9.80. The maximum absolute atomic E-state index is 13.2. The SMILES string of the molecule is Cc1cc2c(cc1C)C(=O)N(CC1CCC(C(=O)N3CCN(c4cccc(Cl)c4)CC3)CC1)C(=O)C2. The van der Waals surface area contributed by atoms with Crippen LogP contribution in [0.25, 0.3) is 0 Å². The minimum atomic E-state index is -0.167. The van der Waals surface area contributed by atoms with Crippen LogP contribution >= 0.6 is 11.6 Å². The van der Waals surface area contributed by atoms with Crippen LogP contribution in [0.3, 0.4) is 0 Å². The number of anilines is 1. The molecule has 2 aromatic rings. The second kappa shape index (κ2) is 10.3. The van der Waals surface area contributed by atoms with Crippen LogP contribution in [0.4, 0.5) is 5.69 Å². The van der Waals surface area contributed by atoms with E-state index in [1.165, 1.54) is 4.90 Å². The highest BCUT2D eigenvalue weighted by Crippen LogP contribution is 2.33. The van der Waals surface area contributed by atoms with E-state index in [-0.39, 0.29) is 36.0 Å². The summed E-state index contributed by atoms with van der Waals surface area (Å²) in [5.74, 6) is 0.281. The Balaban J connectivity index is 1.13. The minimum absolute atomic E-state index is 0.0399. The third-order valence-corrected chi connectivity index (χ3v) is 8.47. The molecule has 1 saturated carbocycles. The topological polar surface area (TPSA) is 60.9 Å². The van der Waals surface area contributed by atoms with Gasteiger partial charge in [0.25, 0.3) is 5.91 Å². The average Bonchev–Trinajstić information content (AvgIpc) is 2.88. The van der Waals surface area contributed by atoms with Crippen molar-refractivity contribution in [2.45, 2.75) is 46.0 Å². The van der Waals surface area contributed by atoms with E-state index >= 15 is 0 Å². The van der Waals surface area contributed by atoms with Crippen LogP contribution in [0.5, 0.6) is 0 Å². The van der Waals surface area contributed by atoms with Gasteiger partial charge < -0.3 is 9.80 Å². The van der Waals surface area contributed by atoms with Crippen LogP contribution in [0.2, 0.25) is 5.02 Å². The van der Waals surface area contributed by atoms with Gasteiger partial charge in [-0.3, -0.25) is 19.3 Å². The van der Waals surface area contributed by atoms with Crippen molar-refractivity contribution in [3.8, 4) is 0 Å². The standard InChI is InChI=1S/C29H34ClN3O3/c1-19-14-23-16-27(34)33(29(36)26(23)15-20(19)2)18-21-6-8-22(9-7-21)28(35)32-12-10-31(11-13-32)25-5-3-4-24(30)17-25/h3-5,14-15,17,21-22H,6-13,16,18H2,1-2H3. The Morgan fingerprint density at radius 2 is 1.64 bits per heavy atom. The Hall–Kier alpha value is -2.86. The van der Waals surface area contributed by atoms with E-state index in [0.717, 1.165) is 79.3 Å². The lowest BCUT2D eigenvalue weighted by molar-refractivity contribution is -0.137. The number of benzene rings is 2. The van der Waals surface area contributed by atoms with Crippen molar-refractivity contribution < 1.29 is 14.4 Å². The molecule has 0 bridgehead atoms. The number of imide groups is 1. The first-order valence-electron chi connectivity index (χ1n) is 13.0. The zero-order chi connectivity index (χ0) is 25.4. The van der Waals surface area contributed by atoms with Crippen LogP contribution < -0.4 is 4.90 Å². The first kappa shape index (κ1) is 24.8. The fourth-order valence-corrected chi connectivity index (χ4v) is 6.07. The molecule has 2 aliphatic heterocycles. The predicted molar refractivity (Wildman–Crippen MR) is 141 cm³/mol. The number of aryl methyl sites for hydroxylation is 2. The summed E-state index contributed by atoms with van der Waals surface area (Å²) >= 11 is 6.14. The molecule has 2 fully saturated rings. The first-order valence-corrected chi connectivity index (χ1v) is 13.4. The predicted octanol–water partition coefficient (Wildman–Crippen LogP) is 4.64.